The van der Waals surface area contributed by atoms with Gasteiger partial charge in [0.05, 0.1) is 5.60 Å². The summed E-state index contributed by atoms with van der Waals surface area (Å²) in [7, 11) is 0. The quantitative estimate of drug-likeness (QED) is 0.749. The maximum atomic E-state index is 9.75. The molecule has 1 saturated carbocycles. The normalized spacial score (nSPS) is 14.8. The van der Waals surface area contributed by atoms with Crippen LogP contribution in [-0.2, 0) is 5.60 Å². The lowest BCUT2D eigenvalue weighted by Gasteiger charge is -2.25. The monoisotopic (exact) mass is 326 g/mol. The van der Waals surface area contributed by atoms with E-state index in [9.17, 15) is 5.11 Å². The summed E-state index contributed by atoms with van der Waals surface area (Å²) >= 11 is 0. The highest BCUT2D eigenvalue weighted by molar-refractivity contribution is 5.39. The Kier molecular flexibility index (Phi) is 4.44. The lowest BCUT2D eigenvalue weighted by Crippen LogP contribution is -2.17. The molecule has 0 spiro atoms. The summed E-state index contributed by atoms with van der Waals surface area (Å²) in [6.45, 7) is 3.57. The van der Waals surface area contributed by atoms with E-state index in [0.717, 1.165) is 5.56 Å². The van der Waals surface area contributed by atoms with Crippen LogP contribution in [0.2, 0.25) is 0 Å². The number of nitrogens with zero attached hydrogens (tertiary/aromatic N) is 5. The van der Waals surface area contributed by atoms with Gasteiger partial charge in [-0.3, -0.25) is 4.98 Å². The highest BCUT2D eigenvalue weighted by Crippen LogP contribution is 2.35. The molecule has 0 saturated heterocycles. The van der Waals surface area contributed by atoms with E-state index in [-0.39, 0.29) is 0 Å². The SMILES string of the molecule is CC(C)(O)c1ccc(C2CCC2)nc1.Nc1nccc2ncnn12. The second kappa shape index (κ2) is 6.52. The molecule has 7 nitrogen and oxygen atoms in total. The molecule has 0 bridgehead atoms. The summed E-state index contributed by atoms with van der Waals surface area (Å²) in [6.07, 6.45) is 8.71. The van der Waals surface area contributed by atoms with Gasteiger partial charge in [-0.2, -0.15) is 9.61 Å². The molecule has 126 valence electrons. The molecule has 3 N–H and O–H groups in total. The minimum atomic E-state index is -0.773. The Hall–Kier alpha value is -2.54. The predicted molar refractivity (Wildman–Crippen MR) is 91.3 cm³/mol. The van der Waals surface area contributed by atoms with Crippen molar-refractivity contribution < 1.29 is 5.11 Å². The third kappa shape index (κ3) is 3.51. The second-order valence-electron chi connectivity index (χ2n) is 6.49. The number of nitrogen functional groups attached to an aromatic ring is 1. The van der Waals surface area contributed by atoms with E-state index in [4.69, 9.17) is 5.73 Å². The highest BCUT2D eigenvalue weighted by Gasteiger charge is 2.22. The third-order valence-electron chi connectivity index (χ3n) is 4.24. The maximum Gasteiger partial charge on any atom is 0.223 e. The second-order valence-corrected chi connectivity index (χ2v) is 6.49. The van der Waals surface area contributed by atoms with E-state index in [1.54, 1.807) is 32.3 Å². The van der Waals surface area contributed by atoms with Gasteiger partial charge in [0.15, 0.2) is 5.65 Å². The topological polar surface area (TPSA) is 102 Å². The van der Waals surface area contributed by atoms with Gasteiger partial charge in [0.25, 0.3) is 0 Å². The number of rotatable bonds is 2. The van der Waals surface area contributed by atoms with Crippen LogP contribution in [0.1, 0.15) is 50.3 Å². The van der Waals surface area contributed by atoms with Crippen molar-refractivity contribution >= 4 is 11.6 Å². The Labute approximate surface area is 140 Å². The first-order chi connectivity index (χ1) is 11.4. The minimum absolute atomic E-state index is 0.356. The molecule has 0 amide bonds. The van der Waals surface area contributed by atoms with E-state index in [0.29, 0.717) is 17.5 Å². The number of fused-ring (bicyclic) bond motifs is 1. The van der Waals surface area contributed by atoms with Gasteiger partial charge in [0, 0.05) is 35.6 Å². The van der Waals surface area contributed by atoms with E-state index >= 15 is 0 Å². The zero-order valence-corrected chi connectivity index (χ0v) is 13.9. The molecule has 3 heterocycles. The van der Waals surface area contributed by atoms with E-state index < -0.39 is 5.60 Å². The number of aliphatic hydroxyl groups is 1. The molecular formula is C17H22N6O. The summed E-state index contributed by atoms with van der Waals surface area (Å²) < 4.78 is 1.47. The number of anilines is 1. The molecule has 3 aromatic rings. The standard InChI is InChI=1S/C12H17NO.C5H5N5/c1-12(2,14)10-6-7-11(13-8-10)9-4-3-5-9;6-5-7-2-1-4-8-3-9-10(4)5/h6-9,14H,3-5H2,1-2H3;1-3H,(H2,6,7). The first-order valence-electron chi connectivity index (χ1n) is 8.04. The molecule has 0 aliphatic heterocycles. The zero-order valence-electron chi connectivity index (χ0n) is 13.9. The molecule has 0 radical (unpaired) electrons. The summed E-state index contributed by atoms with van der Waals surface area (Å²) in [6, 6.07) is 5.78. The molecule has 24 heavy (non-hydrogen) atoms. The number of nitrogens with two attached hydrogens (primary N) is 1. The van der Waals surface area contributed by atoms with Gasteiger partial charge in [-0.05, 0) is 32.8 Å². The van der Waals surface area contributed by atoms with Crippen molar-refractivity contribution in [1.29, 1.82) is 0 Å². The van der Waals surface area contributed by atoms with E-state index in [2.05, 4.69) is 26.1 Å². The van der Waals surface area contributed by atoms with Gasteiger partial charge in [0.1, 0.15) is 6.33 Å². The summed E-state index contributed by atoms with van der Waals surface area (Å²) in [5, 5.41) is 13.6. The van der Waals surface area contributed by atoms with Crippen LogP contribution >= 0.6 is 0 Å². The van der Waals surface area contributed by atoms with Gasteiger partial charge in [-0.15, -0.1) is 0 Å². The van der Waals surface area contributed by atoms with Gasteiger partial charge in [-0.25, -0.2) is 9.97 Å². The van der Waals surface area contributed by atoms with Gasteiger partial charge < -0.3 is 10.8 Å². The average molecular weight is 326 g/mol. The van der Waals surface area contributed by atoms with Crippen molar-refractivity contribution in [2.75, 3.05) is 5.73 Å². The van der Waals surface area contributed by atoms with Crippen LogP contribution in [0.5, 0.6) is 0 Å². The Morgan fingerprint density at radius 1 is 1.17 bits per heavy atom. The number of aromatic nitrogens is 5. The molecule has 3 aromatic heterocycles. The fourth-order valence-corrected chi connectivity index (χ4v) is 2.49. The van der Waals surface area contributed by atoms with E-state index in [1.165, 1.54) is 35.8 Å². The van der Waals surface area contributed by atoms with Gasteiger partial charge in [0.2, 0.25) is 5.95 Å². The lowest BCUT2D eigenvalue weighted by molar-refractivity contribution is 0.0781. The molecule has 7 heteroatoms. The largest absolute Gasteiger partial charge is 0.386 e. The van der Waals surface area contributed by atoms with Crippen LogP contribution in [-0.4, -0.2) is 29.7 Å². The fourth-order valence-electron chi connectivity index (χ4n) is 2.49. The van der Waals surface area contributed by atoms with Crippen molar-refractivity contribution in [1.82, 2.24) is 24.6 Å². The van der Waals surface area contributed by atoms with Crippen molar-refractivity contribution in [3.63, 3.8) is 0 Å². The fraction of sp³-hybridized carbons (Fsp3) is 0.412. The van der Waals surface area contributed by atoms with Crippen molar-refractivity contribution in [3.05, 3.63) is 48.2 Å². The first-order valence-corrected chi connectivity index (χ1v) is 8.04. The van der Waals surface area contributed by atoms with Gasteiger partial charge in [-0.1, -0.05) is 12.5 Å². The predicted octanol–water partition coefficient (Wildman–Crippen LogP) is 2.28. The van der Waals surface area contributed by atoms with Crippen molar-refractivity contribution in [2.45, 2.75) is 44.6 Å². The summed E-state index contributed by atoms with van der Waals surface area (Å²) in [4.78, 5) is 12.1. The summed E-state index contributed by atoms with van der Waals surface area (Å²) in [5.41, 5.74) is 7.47. The Balaban J connectivity index is 0.000000149. The molecule has 1 fully saturated rings. The molecule has 1 aliphatic rings. The Morgan fingerprint density at radius 2 is 1.96 bits per heavy atom. The Morgan fingerprint density at radius 3 is 2.50 bits per heavy atom. The van der Waals surface area contributed by atoms with Crippen LogP contribution in [0.3, 0.4) is 0 Å². The molecule has 0 unspecified atom stereocenters. The van der Waals surface area contributed by atoms with Crippen LogP contribution in [0.4, 0.5) is 5.95 Å². The van der Waals surface area contributed by atoms with Crippen molar-refractivity contribution in [2.24, 2.45) is 0 Å². The highest BCUT2D eigenvalue weighted by atomic mass is 16.3. The number of pyridine rings is 1. The van der Waals surface area contributed by atoms with Gasteiger partial charge >= 0.3 is 0 Å². The molecule has 1 aliphatic carbocycles. The molecule has 0 aromatic carbocycles. The molecule has 0 atom stereocenters. The number of hydrogen-bond donors (Lipinski definition) is 2. The average Bonchev–Trinajstić information content (AvgIpc) is 2.96. The van der Waals surface area contributed by atoms with Crippen LogP contribution < -0.4 is 5.73 Å². The van der Waals surface area contributed by atoms with Crippen LogP contribution in [0.25, 0.3) is 5.65 Å². The van der Waals surface area contributed by atoms with Crippen molar-refractivity contribution in [3.8, 4) is 0 Å². The third-order valence-corrected chi connectivity index (χ3v) is 4.24. The van der Waals surface area contributed by atoms with Crippen LogP contribution in [0.15, 0.2) is 36.9 Å². The molecular weight excluding hydrogens is 304 g/mol. The zero-order chi connectivity index (χ0) is 17.2. The minimum Gasteiger partial charge on any atom is -0.386 e. The smallest absolute Gasteiger partial charge is 0.223 e. The van der Waals surface area contributed by atoms with Crippen LogP contribution in [0, 0.1) is 0 Å². The maximum absolute atomic E-state index is 9.75. The lowest BCUT2D eigenvalue weighted by atomic mass is 9.82. The van der Waals surface area contributed by atoms with E-state index in [1.807, 2.05) is 6.07 Å². The summed E-state index contributed by atoms with van der Waals surface area (Å²) in [5.74, 6) is 1.03. The first kappa shape index (κ1) is 16.3. The Bertz CT molecular complexity index is 802. The molecule has 4 rings (SSSR count). The number of hydrogen-bond acceptors (Lipinski definition) is 6.